The number of sulfonamides is 1. The van der Waals surface area contributed by atoms with E-state index in [1.165, 1.54) is 16.4 Å². The quantitative estimate of drug-likeness (QED) is 0.763. The third-order valence-corrected chi connectivity index (χ3v) is 6.94. The van der Waals surface area contributed by atoms with Crippen molar-refractivity contribution in [2.75, 3.05) is 13.1 Å². The maximum Gasteiger partial charge on any atom is 0.322 e. The molecule has 2 N–H and O–H groups in total. The lowest BCUT2D eigenvalue weighted by molar-refractivity contribution is -0.123. The van der Waals surface area contributed by atoms with E-state index >= 15 is 0 Å². The van der Waals surface area contributed by atoms with Crippen LogP contribution >= 0.6 is 22.9 Å². The number of hydrogen-bond acceptors (Lipinski definition) is 5. The molecule has 3 rings (SSSR count). The average molecular weight is 336 g/mol. The highest BCUT2D eigenvalue weighted by molar-refractivity contribution is 7.91. The molecule has 2 fully saturated rings. The molecule has 10 heteroatoms. The van der Waals surface area contributed by atoms with E-state index < -0.39 is 27.5 Å². The number of nitrogens with one attached hydrogen (secondary N) is 2. The van der Waals surface area contributed by atoms with Gasteiger partial charge in [-0.1, -0.05) is 11.6 Å². The van der Waals surface area contributed by atoms with E-state index in [9.17, 15) is 18.0 Å². The van der Waals surface area contributed by atoms with Crippen LogP contribution in [-0.2, 0) is 14.8 Å². The molecule has 0 aliphatic carbocycles. The summed E-state index contributed by atoms with van der Waals surface area (Å²) < 4.78 is 26.5. The molecule has 0 bridgehead atoms. The Morgan fingerprint density at radius 2 is 2.10 bits per heavy atom. The van der Waals surface area contributed by atoms with Gasteiger partial charge in [-0.3, -0.25) is 10.1 Å². The van der Waals surface area contributed by atoms with E-state index in [-0.39, 0.29) is 23.7 Å². The van der Waals surface area contributed by atoms with Crippen LogP contribution in [-0.4, -0.2) is 43.3 Å². The SMILES string of the molecule is O=C1NC(=O)C2(CCN(S(=O)(=O)c3ccc(Cl)s3)C2)N1. The molecule has 7 nitrogen and oxygen atoms in total. The van der Waals surface area contributed by atoms with Gasteiger partial charge in [-0.25, -0.2) is 13.2 Å². The molecule has 0 aromatic carbocycles. The molecule has 2 aliphatic heterocycles. The van der Waals surface area contributed by atoms with Crippen molar-refractivity contribution >= 4 is 44.9 Å². The fraction of sp³-hybridized carbons (Fsp3) is 0.400. The van der Waals surface area contributed by atoms with Crippen LogP contribution in [0.3, 0.4) is 0 Å². The standard InChI is InChI=1S/C10H10ClN3O4S2/c11-6-1-2-7(19-6)20(17,18)14-4-3-10(5-14)8(15)12-9(16)13-10/h1-2H,3-5H2,(H2,12,13,15,16). The van der Waals surface area contributed by atoms with Crippen molar-refractivity contribution in [3.63, 3.8) is 0 Å². The molecule has 0 saturated carbocycles. The molecular formula is C10H10ClN3O4S2. The maximum atomic E-state index is 12.4. The number of urea groups is 1. The van der Waals surface area contributed by atoms with Crippen molar-refractivity contribution in [1.82, 2.24) is 14.9 Å². The first-order valence-corrected chi connectivity index (χ1v) is 8.36. The number of carbonyl (C=O) groups excluding carboxylic acids is 2. The van der Waals surface area contributed by atoms with E-state index in [0.29, 0.717) is 4.34 Å². The molecule has 1 aromatic heterocycles. The monoisotopic (exact) mass is 335 g/mol. The number of carbonyl (C=O) groups is 2. The van der Waals surface area contributed by atoms with Gasteiger partial charge in [0.2, 0.25) is 0 Å². The number of nitrogens with zero attached hydrogens (tertiary/aromatic N) is 1. The molecule has 0 radical (unpaired) electrons. The highest BCUT2D eigenvalue weighted by atomic mass is 35.5. The largest absolute Gasteiger partial charge is 0.322 e. The second-order valence-corrected chi connectivity index (χ2v) is 8.52. The minimum Gasteiger partial charge on any atom is -0.322 e. The highest BCUT2D eigenvalue weighted by Crippen LogP contribution is 2.33. The highest BCUT2D eigenvalue weighted by Gasteiger charge is 2.53. The number of thiophene rings is 1. The van der Waals surface area contributed by atoms with E-state index in [4.69, 9.17) is 11.6 Å². The van der Waals surface area contributed by atoms with Gasteiger partial charge >= 0.3 is 6.03 Å². The minimum absolute atomic E-state index is 0.0670. The molecular weight excluding hydrogens is 326 g/mol. The van der Waals surface area contributed by atoms with Gasteiger partial charge in [0, 0.05) is 13.1 Å². The van der Waals surface area contributed by atoms with Gasteiger partial charge in [0.05, 0.1) is 4.34 Å². The molecule has 2 saturated heterocycles. The first-order chi connectivity index (χ1) is 9.33. The molecule has 1 spiro atoms. The van der Waals surface area contributed by atoms with Crippen LogP contribution in [0.2, 0.25) is 4.34 Å². The van der Waals surface area contributed by atoms with Crippen molar-refractivity contribution in [2.24, 2.45) is 0 Å². The van der Waals surface area contributed by atoms with E-state index in [0.717, 1.165) is 11.3 Å². The molecule has 1 atom stereocenters. The zero-order valence-electron chi connectivity index (χ0n) is 10.1. The predicted octanol–water partition coefficient (Wildman–Crippen LogP) is 0.374. The second-order valence-electron chi connectivity index (χ2n) is 4.64. The van der Waals surface area contributed by atoms with Crippen LogP contribution in [0.25, 0.3) is 0 Å². The predicted molar refractivity (Wildman–Crippen MR) is 72.1 cm³/mol. The fourth-order valence-corrected chi connectivity index (χ4v) is 5.50. The third-order valence-electron chi connectivity index (χ3n) is 3.39. The molecule has 1 aromatic rings. The van der Waals surface area contributed by atoms with Crippen LogP contribution in [0.5, 0.6) is 0 Å². The summed E-state index contributed by atoms with van der Waals surface area (Å²) in [6.45, 7) is 0.105. The van der Waals surface area contributed by atoms with Crippen molar-refractivity contribution in [3.8, 4) is 0 Å². The fourth-order valence-electron chi connectivity index (χ4n) is 2.36. The zero-order valence-corrected chi connectivity index (χ0v) is 12.4. The van der Waals surface area contributed by atoms with Crippen LogP contribution in [0, 0.1) is 0 Å². The van der Waals surface area contributed by atoms with E-state index in [1.807, 2.05) is 0 Å². The summed E-state index contributed by atoms with van der Waals surface area (Å²) >= 11 is 6.71. The second kappa shape index (κ2) is 4.42. The Bertz CT molecular complexity index is 701. The zero-order chi connectivity index (χ0) is 14.5. The smallest absolute Gasteiger partial charge is 0.322 e. The van der Waals surface area contributed by atoms with Gasteiger partial charge in [-0.2, -0.15) is 4.31 Å². The molecule has 3 amide bonds. The number of halogens is 1. The lowest BCUT2D eigenvalue weighted by Gasteiger charge is -2.20. The Kier molecular flexibility index (Phi) is 3.05. The molecule has 3 heterocycles. The van der Waals surface area contributed by atoms with E-state index in [1.54, 1.807) is 0 Å². The summed E-state index contributed by atoms with van der Waals surface area (Å²) in [5, 5.41) is 4.65. The van der Waals surface area contributed by atoms with E-state index in [2.05, 4.69) is 10.6 Å². The van der Waals surface area contributed by atoms with Gasteiger partial charge in [-0.05, 0) is 18.6 Å². The topological polar surface area (TPSA) is 95.6 Å². The number of imide groups is 1. The molecule has 1 unspecified atom stereocenters. The van der Waals surface area contributed by atoms with Crippen molar-refractivity contribution < 1.29 is 18.0 Å². The molecule has 2 aliphatic rings. The number of rotatable bonds is 2. The van der Waals surface area contributed by atoms with Crippen molar-refractivity contribution in [3.05, 3.63) is 16.5 Å². The Balaban J connectivity index is 1.87. The van der Waals surface area contributed by atoms with Gasteiger partial charge in [0.25, 0.3) is 15.9 Å². The minimum atomic E-state index is -3.69. The summed E-state index contributed by atoms with van der Waals surface area (Å²) in [4.78, 5) is 23.0. The Morgan fingerprint density at radius 3 is 2.65 bits per heavy atom. The van der Waals surface area contributed by atoms with Gasteiger partial charge in [-0.15, -0.1) is 11.3 Å². The van der Waals surface area contributed by atoms with Gasteiger partial charge in [0.1, 0.15) is 9.75 Å². The van der Waals surface area contributed by atoms with Crippen molar-refractivity contribution in [2.45, 2.75) is 16.2 Å². The van der Waals surface area contributed by atoms with Crippen molar-refractivity contribution in [1.29, 1.82) is 0 Å². The lowest BCUT2D eigenvalue weighted by atomic mass is 10.00. The summed E-state index contributed by atoms with van der Waals surface area (Å²) in [5.74, 6) is -0.482. The summed E-state index contributed by atoms with van der Waals surface area (Å²) in [5.41, 5.74) is -1.15. The summed E-state index contributed by atoms with van der Waals surface area (Å²) in [6.07, 6.45) is 0.253. The Hall–Kier alpha value is -1.16. The molecule has 20 heavy (non-hydrogen) atoms. The Morgan fingerprint density at radius 1 is 1.35 bits per heavy atom. The maximum absolute atomic E-state index is 12.4. The normalized spacial score (nSPS) is 27.1. The third kappa shape index (κ3) is 2.01. The van der Waals surface area contributed by atoms with Crippen LogP contribution in [0.1, 0.15) is 6.42 Å². The van der Waals surface area contributed by atoms with Gasteiger partial charge < -0.3 is 5.32 Å². The summed E-state index contributed by atoms with van der Waals surface area (Å²) in [7, 11) is -3.69. The van der Waals surface area contributed by atoms with Crippen LogP contribution < -0.4 is 10.6 Å². The summed E-state index contributed by atoms with van der Waals surface area (Å²) in [6, 6.07) is 2.35. The number of hydrogen-bond donors (Lipinski definition) is 2. The lowest BCUT2D eigenvalue weighted by Crippen LogP contribution is -2.49. The van der Waals surface area contributed by atoms with Crippen LogP contribution in [0.4, 0.5) is 4.79 Å². The van der Waals surface area contributed by atoms with Crippen LogP contribution in [0.15, 0.2) is 16.3 Å². The number of amides is 3. The molecule has 108 valence electrons. The first kappa shape index (κ1) is 13.8. The Labute approximate surface area is 123 Å². The first-order valence-electron chi connectivity index (χ1n) is 5.73. The average Bonchev–Trinajstić information content (AvgIpc) is 3.02. The van der Waals surface area contributed by atoms with Gasteiger partial charge in [0.15, 0.2) is 0 Å².